The van der Waals surface area contributed by atoms with Crippen molar-refractivity contribution >= 4 is 11.8 Å². The Bertz CT molecular complexity index is 492. The second-order valence-corrected chi connectivity index (χ2v) is 6.29. The van der Waals surface area contributed by atoms with Gasteiger partial charge in [0.25, 0.3) is 0 Å². The Kier molecular flexibility index (Phi) is 6.73. The normalized spacial score (nSPS) is 21.8. The number of unbranched alkanes of at least 4 members (excludes halogenated alkanes) is 2. The smallest absolute Gasteiger partial charge is 0.349 e. The molecule has 1 aromatic rings. The van der Waals surface area contributed by atoms with Gasteiger partial charge in [0.2, 0.25) is 0 Å². The number of hydrogen-bond acceptors (Lipinski definition) is 5. The van der Waals surface area contributed by atoms with E-state index in [1.54, 1.807) is 22.5 Å². The molecule has 21 heavy (non-hydrogen) atoms. The van der Waals surface area contributed by atoms with Gasteiger partial charge in [-0.2, -0.15) is 4.98 Å². The molecule has 1 aliphatic rings. The molecule has 0 amide bonds. The molecule has 2 heterocycles. The number of thioether (sulfide) groups is 1. The van der Waals surface area contributed by atoms with Gasteiger partial charge in [-0.3, -0.25) is 4.57 Å². The van der Waals surface area contributed by atoms with Crippen LogP contribution in [0.4, 0.5) is 0 Å². The summed E-state index contributed by atoms with van der Waals surface area (Å²) >= 11 is 1.69. The summed E-state index contributed by atoms with van der Waals surface area (Å²) in [6, 6.07) is 1.88. The molecule has 0 aliphatic carbocycles. The van der Waals surface area contributed by atoms with Crippen molar-refractivity contribution in [2.45, 2.75) is 51.2 Å². The monoisotopic (exact) mass is 312 g/mol. The molecule has 0 radical (unpaired) electrons. The van der Waals surface area contributed by atoms with E-state index < -0.39 is 0 Å². The summed E-state index contributed by atoms with van der Waals surface area (Å²) in [7, 11) is 0. The quantitative estimate of drug-likeness (QED) is 0.691. The Morgan fingerprint density at radius 3 is 3.05 bits per heavy atom. The fraction of sp³-hybridized carbons (Fsp3) is 0.733. The minimum Gasteiger partial charge on any atom is -0.378 e. The largest absolute Gasteiger partial charge is 0.378 e. The molecule has 1 aromatic heterocycles. The fourth-order valence-corrected chi connectivity index (χ4v) is 3.19. The highest BCUT2D eigenvalue weighted by Crippen LogP contribution is 2.30. The van der Waals surface area contributed by atoms with Crippen molar-refractivity contribution in [2.24, 2.45) is 0 Å². The molecule has 0 N–H and O–H groups in total. The highest BCUT2D eigenvalue weighted by atomic mass is 32.2. The van der Waals surface area contributed by atoms with Gasteiger partial charge in [0.15, 0.2) is 0 Å². The van der Waals surface area contributed by atoms with Crippen LogP contribution in [0.25, 0.3) is 0 Å². The van der Waals surface area contributed by atoms with Gasteiger partial charge in [-0.1, -0.05) is 26.7 Å². The number of aromatic nitrogens is 2. The average Bonchev–Trinajstić information content (AvgIpc) is 2.95. The highest BCUT2D eigenvalue weighted by Gasteiger charge is 2.28. The first-order valence-corrected chi connectivity index (χ1v) is 8.72. The molecule has 0 unspecified atom stereocenters. The lowest BCUT2D eigenvalue weighted by Crippen LogP contribution is -2.29. The molecular formula is C15H24N2O3S. The van der Waals surface area contributed by atoms with Crippen LogP contribution < -0.4 is 5.69 Å². The third-order valence-electron chi connectivity index (χ3n) is 3.44. The predicted octanol–water partition coefficient (Wildman–Crippen LogP) is 2.60. The molecule has 1 saturated heterocycles. The van der Waals surface area contributed by atoms with Gasteiger partial charge in [-0.05, 0) is 18.9 Å². The molecule has 0 spiro atoms. The molecule has 0 saturated carbocycles. The summed E-state index contributed by atoms with van der Waals surface area (Å²) in [6.07, 6.45) is 5.81. The third-order valence-corrected chi connectivity index (χ3v) is 4.54. The Hall–Kier alpha value is -0.850. The lowest BCUT2D eigenvalue weighted by atomic mass is 10.3. The van der Waals surface area contributed by atoms with E-state index in [-0.39, 0.29) is 17.4 Å². The van der Waals surface area contributed by atoms with Gasteiger partial charge < -0.3 is 9.47 Å². The van der Waals surface area contributed by atoms with Crippen molar-refractivity contribution < 1.29 is 9.47 Å². The maximum absolute atomic E-state index is 12.0. The zero-order chi connectivity index (χ0) is 15.1. The second kappa shape index (κ2) is 8.56. The Morgan fingerprint density at radius 2 is 2.33 bits per heavy atom. The van der Waals surface area contributed by atoms with Gasteiger partial charge in [0.1, 0.15) is 11.7 Å². The maximum Gasteiger partial charge on any atom is 0.349 e. The number of aryl methyl sites for hydroxylation is 1. The van der Waals surface area contributed by atoms with E-state index in [4.69, 9.17) is 9.47 Å². The lowest BCUT2D eigenvalue weighted by Gasteiger charge is -2.15. The van der Waals surface area contributed by atoms with Crippen molar-refractivity contribution in [2.75, 3.05) is 19.0 Å². The Balaban J connectivity index is 1.81. The number of nitrogens with zero attached hydrogens (tertiary/aromatic N) is 2. The van der Waals surface area contributed by atoms with Crippen molar-refractivity contribution in [3.63, 3.8) is 0 Å². The highest BCUT2D eigenvalue weighted by molar-refractivity contribution is 8.00. The molecular weight excluding hydrogens is 288 g/mol. The minimum atomic E-state index is -0.232. The van der Waals surface area contributed by atoms with Crippen LogP contribution in [0.2, 0.25) is 0 Å². The maximum atomic E-state index is 12.0. The molecule has 118 valence electrons. The molecule has 2 rings (SSSR count). The van der Waals surface area contributed by atoms with Crippen LogP contribution >= 0.6 is 11.8 Å². The summed E-state index contributed by atoms with van der Waals surface area (Å²) in [6.45, 7) is 5.53. The molecule has 0 bridgehead atoms. The Labute approximate surface area is 130 Å². The van der Waals surface area contributed by atoms with Crippen LogP contribution in [-0.2, 0) is 15.9 Å². The van der Waals surface area contributed by atoms with Gasteiger partial charge in [-0.25, -0.2) is 4.79 Å². The van der Waals surface area contributed by atoms with Crippen LogP contribution in [0.5, 0.6) is 0 Å². The standard InChI is InChI=1S/C15H24N2O3S/c1-3-5-6-9-19-10-14-20-13(11-21-14)17-8-7-12(4-2)16-15(17)18/h7-8,13-14H,3-6,9-11H2,1-2H3/t13-,14+/m1/s1. The van der Waals surface area contributed by atoms with E-state index in [0.717, 1.165) is 30.9 Å². The minimum absolute atomic E-state index is 0.00868. The van der Waals surface area contributed by atoms with E-state index in [9.17, 15) is 4.79 Å². The van der Waals surface area contributed by atoms with Gasteiger partial charge in [0, 0.05) is 24.3 Å². The number of rotatable bonds is 8. The van der Waals surface area contributed by atoms with E-state index >= 15 is 0 Å². The predicted molar refractivity (Wildman–Crippen MR) is 84.6 cm³/mol. The van der Waals surface area contributed by atoms with Crippen molar-refractivity contribution in [3.8, 4) is 0 Å². The average molecular weight is 312 g/mol. The van der Waals surface area contributed by atoms with Crippen LogP contribution in [0.3, 0.4) is 0 Å². The van der Waals surface area contributed by atoms with Gasteiger partial charge >= 0.3 is 5.69 Å². The van der Waals surface area contributed by atoms with Crippen molar-refractivity contribution in [1.29, 1.82) is 0 Å². The molecule has 1 fully saturated rings. The molecule has 2 atom stereocenters. The molecule has 0 aromatic carbocycles. The summed E-state index contributed by atoms with van der Waals surface area (Å²) in [4.78, 5) is 16.0. The Morgan fingerprint density at radius 1 is 1.48 bits per heavy atom. The second-order valence-electron chi connectivity index (χ2n) is 5.10. The number of hydrogen-bond donors (Lipinski definition) is 0. The molecule has 1 aliphatic heterocycles. The van der Waals surface area contributed by atoms with E-state index in [0.29, 0.717) is 6.61 Å². The zero-order valence-electron chi connectivity index (χ0n) is 12.8. The summed E-state index contributed by atoms with van der Waals surface area (Å²) in [5.74, 6) is 0.760. The van der Waals surface area contributed by atoms with Crippen molar-refractivity contribution in [3.05, 3.63) is 28.4 Å². The summed E-state index contributed by atoms with van der Waals surface area (Å²) in [5, 5.41) is 0. The van der Waals surface area contributed by atoms with E-state index in [1.807, 2.05) is 13.0 Å². The molecule has 6 heteroatoms. The SMILES string of the molecule is CCCCCOC[C@H]1O[C@@H](n2ccc(CC)nc2=O)CS1. The first-order chi connectivity index (χ1) is 10.2. The third kappa shape index (κ3) is 4.83. The zero-order valence-corrected chi connectivity index (χ0v) is 13.6. The van der Waals surface area contributed by atoms with Crippen LogP contribution in [0, 0.1) is 0 Å². The topological polar surface area (TPSA) is 53.4 Å². The molecule has 5 nitrogen and oxygen atoms in total. The first kappa shape index (κ1) is 16.5. The fourth-order valence-electron chi connectivity index (χ4n) is 2.17. The van der Waals surface area contributed by atoms with Crippen LogP contribution in [0.1, 0.15) is 45.0 Å². The lowest BCUT2D eigenvalue weighted by molar-refractivity contribution is -0.0252. The number of ether oxygens (including phenoxy) is 2. The first-order valence-electron chi connectivity index (χ1n) is 7.67. The summed E-state index contributed by atoms with van der Waals surface area (Å²) in [5.41, 5.74) is 0.594. The van der Waals surface area contributed by atoms with Crippen molar-refractivity contribution in [1.82, 2.24) is 9.55 Å². The van der Waals surface area contributed by atoms with E-state index in [1.165, 1.54) is 12.8 Å². The van der Waals surface area contributed by atoms with Gasteiger partial charge in [-0.15, -0.1) is 11.8 Å². The summed E-state index contributed by atoms with van der Waals surface area (Å²) < 4.78 is 13.1. The van der Waals surface area contributed by atoms with E-state index in [2.05, 4.69) is 11.9 Å². The van der Waals surface area contributed by atoms with Crippen LogP contribution in [0.15, 0.2) is 17.1 Å². The van der Waals surface area contributed by atoms with Gasteiger partial charge in [0.05, 0.1) is 6.61 Å². The van der Waals surface area contributed by atoms with Crippen LogP contribution in [-0.4, -0.2) is 34.0 Å².